The Morgan fingerprint density at radius 2 is 1.96 bits per heavy atom. The summed E-state index contributed by atoms with van der Waals surface area (Å²) in [6.07, 6.45) is -0.891. The number of piperidine rings is 1. The van der Waals surface area contributed by atoms with E-state index in [1.807, 2.05) is 13.8 Å². The monoisotopic (exact) mass is 343 g/mol. The van der Waals surface area contributed by atoms with Gasteiger partial charge in [-0.2, -0.15) is 0 Å². The third-order valence-corrected chi connectivity index (χ3v) is 10.2. The molecule has 7 heteroatoms. The van der Waals surface area contributed by atoms with Crippen LogP contribution in [0.1, 0.15) is 34.6 Å². The highest BCUT2D eigenvalue weighted by molar-refractivity contribution is 6.74. The molecule has 4 fully saturated rings. The second-order valence-corrected chi connectivity index (χ2v) is 13.7. The molecule has 4 unspecified atom stereocenters. The normalized spacial score (nSPS) is 39.3. The highest BCUT2D eigenvalue weighted by atomic mass is 28.4. The Balaban J connectivity index is 1.85. The minimum Gasteiger partial charge on any atom is -0.457 e. The minimum absolute atomic E-state index is 0.0745. The molecule has 0 spiro atoms. The van der Waals surface area contributed by atoms with Crippen LogP contribution in [-0.2, 0) is 23.4 Å². The molecule has 0 aromatic carbocycles. The number of ether oxygens (including phenoxy) is 3. The first kappa shape index (κ1) is 17.4. The van der Waals surface area contributed by atoms with E-state index in [0.29, 0.717) is 6.54 Å². The van der Waals surface area contributed by atoms with Crippen LogP contribution >= 0.6 is 0 Å². The maximum atomic E-state index is 12.6. The summed E-state index contributed by atoms with van der Waals surface area (Å²) in [5, 5.41) is 3.41. The molecule has 2 bridgehead atoms. The number of hydrogen-bond donors (Lipinski definition) is 1. The smallest absolute Gasteiger partial charge is 0.331 e. The van der Waals surface area contributed by atoms with Gasteiger partial charge in [-0.15, -0.1) is 0 Å². The number of morpholine rings is 1. The number of esters is 1. The van der Waals surface area contributed by atoms with Crippen LogP contribution in [0.2, 0.25) is 18.1 Å². The zero-order valence-electron chi connectivity index (χ0n) is 15.2. The standard InChI is InChI=1S/C16H29NO5Si/c1-14(2,3)23(6,7)19-9-16-12-11(21-15(4,5)22-12)10(8-17-16)20-13(16)18/h10-12,17H,8-9H2,1-7H3. The third kappa shape index (κ3) is 2.66. The Bertz CT molecular complexity index is 515. The van der Waals surface area contributed by atoms with Crippen LogP contribution in [0, 0.1) is 0 Å². The van der Waals surface area contributed by atoms with Gasteiger partial charge in [0.2, 0.25) is 0 Å². The van der Waals surface area contributed by atoms with E-state index < -0.39 is 19.6 Å². The first-order chi connectivity index (χ1) is 10.4. The van der Waals surface area contributed by atoms with Gasteiger partial charge >= 0.3 is 5.97 Å². The average Bonchev–Trinajstić information content (AvgIpc) is 2.73. The van der Waals surface area contributed by atoms with Crippen LogP contribution in [0.25, 0.3) is 0 Å². The lowest BCUT2D eigenvalue weighted by atomic mass is 9.80. The Kier molecular flexibility index (Phi) is 3.78. The number of carbonyl (C=O) groups excluding carboxylic acids is 1. The molecule has 4 saturated heterocycles. The second-order valence-electron chi connectivity index (χ2n) is 8.87. The van der Waals surface area contributed by atoms with Crippen molar-refractivity contribution in [3.8, 4) is 0 Å². The van der Waals surface area contributed by atoms with E-state index in [2.05, 4.69) is 39.2 Å². The molecule has 0 radical (unpaired) electrons. The van der Waals surface area contributed by atoms with Crippen LogP contribution in [0.4, 0.5) is 0 Å². The molecule has 132 valence electrons. The third-order valence-electron chi connectivity index (χ3n) is 5.69. The molecular formula is C16H29NO5Si. The molecule has 4 heterocycles. The lowest BCUT2D eigenvalue weighted by molar-refractivity contribution is -0.199. The lowest BCUT2D eigenvalue weighted by Crippen LogP contribution is -2.78. The van der Waals surface area contributed by atoms with E-state index in [0.717, 1.165) is 0 Å². The van der Waals surface area contributed by atoms with Gasteiger partial charge in [0.05, 0.1) is 6.61 Å². The van der Waals surface area contributed by atoms with Gasteiger partial charge in [-0.3, -0.25) is 5.32 Å². The topological polar surface area (TPSA) is 66.0 Å². The summed E-state index contributed by atoms with van der Waals surface area (Å²) in [7, 11) is -1.99. The van der Waals surface area contributed by atoms with E-state index in [4.69, 9.17) is 18.6 Å². The van der Waals surface area contributed by atoms with Crippen molar-refractivity contribution in [2.24, 2.45) is 0 Å². The van der Waals surface area contributed by atoms with E-state index in [1.165, 1.54) is 0 Å². The summed E-state index contributed by atoms with van der Waals surface area (Å²) in [5.41, 5.74) is -0.970. The van der Waals surface area contributed by atoms with Crippen molar-refractivity contribution >= 4 is 14.3 Å². The van der Waals surface area contributed by atoms with E-state index in [-0.39, 0.29) is 35.9 Å². The molecule has 0 aromatic rings. The van der Waals surface area contributed by atoms with Crippen molar-refractivity contribution in [2.75, 3.05) is 13.2 Å². The molecule has 0 saturated carbocycles. The van der Waals surface area contributed by atoms with Crippen LogP contribution < -0.4 is 5.32 Å². The molecule has 0 aliphatic carbocycles. The first-order valence-corrected chi connectivity index (χ1v) is 11.2. The summed E-state index contributed by atoms with van der Waals surface area (Å²) < 4.78 is 24.0. The number of hydrogen-bond acceptors (Lipinski definition) is 6. The molecular weight excluding hydrogens is 314 g/mol. The van der Waals surface area contributed by atoms with Gasteiger partial charge in [0.25, 0.3) is 0 Å². The van der Waals surface area contributed by atoms with Crippen LogP contribution in [0.15, 0.2) is 0 Å². The van der Waals surface area contributed by atoms with Crippen LogP contribution in [0.5, 0.6) is 0 Å². The molecule has 4 rings (SSSR count). The van der Waals surface area contributed by atoms with Gasteiger partial charge < -0.3 is 18.6 Å². The van der Waals surface area contributed by atoms with E-state index >= 15 is 0 Å². The van der Waals surface area contributed by atoms with Crippen molar-refractivity contribution in [1.29, 1.82) is 0 Å². The van der Waals surface area contributed by atoms with Gasteiger partial charge in [-0.1, -0.05) is 20.8 Å². The molecule has 0 amide bonds. The zero-order chi connectivity index (χ0) is 17.3. The summed E-state index contributed by atoms with van der Waals surface area (Å²) in [5.74, 6) is -0.995. The van der Waals surface area contributed by atoms with Crippen molar-refractivity contribution < 1.29 is 23.4 Å². The van der Waals surface area contributed by atoms with Crippen LogP contribution in [-0.4, -0.2) is 57.1 Å². The predicted octanol–water partition coefficient (Wildman–Crippen LogP) is 1.80. The average molecular weight is 343 g/mol. The van der Waals surface area contributed by atoms with Crippen molar-refractivity contribution in [2.45, 2.75) is 82.4 Å². The number of fused-ring (bicyclic) bond motifs is 2. The molecule has 4 aliphatic heterocycles. The number of carbonyl (C=O) groups is 1. The van der Waals surface area contributed by atoms with E-state index in [1.54, 1.807) is 0 Å². The largest absolute Gasteiger partial charge is 0.457 e. The molecule has 0 aromatic heterocycles. The fraction of sp³-hybridized carbons (Fsp3) is 0.938. The van der Waals surface area contributed by atoms with Crippen molar-refractivity contribution in [1.82, 2.24) is 5.32 Å². The molecule has 4 aliphatic rings. The van der Waals surface area contributed by atoms with Crippen molar-refractivity contribution in [3.05, 3.63) is 0 Å². The number of rotatable bonds is 3. The highest BCUT2D eigenvalue weighted by Crippen LogP contribution is 2.44. The second kappa shape index (κ2) is 5.02. The molecule has 6 nitrogen and oxygen atoms in total. The maximum Gasteiger partial charge on any atom is 0.331 e. The predicted molar refractivity (Wildman–Crippen MR) is 87.6 cm³/mol. The first-order valence-electron chi connectivity index (χ1n) is 8.34. The fourth-order valence-electron chi connectivity index (χ4n) is 3.18. The summed E-state index contributed by atoms with van der Waals surface area (Å²) in [6.45, 7) is 15.5. The van der Waals surface area contributed by atoms with Crippen molar-refractivity contribution in [3.63, 3.8) is 0 Å². The van der Waals surface area contributed by atoms with E-state index in [9.17, 15) is 4.79 Å². The zero-order valence-corrected chi connectivity index (χ0v) is 16.2. The Hall–Kier alpha value is -0.473. The fourth-order valence-corrected chi connectivity index (χ4v) is 4.21. The van der Waals surface area contributed by atoms with Gasteiger partial charge in [0, 0.05) is 6.54 Å². The highest BCUT2D eigenvalue weighted by Gasteiger charge is 2.67. The molecule has 23 heavy (non-hydrogen) atoms. The Labute approximate surface area is 139 Å². The Morgan fingerprint density at radius 1 is 1.30 bits per heavy atom. The maximum absolute atomic E-state index is 12.6. The van der Waals surface area contributed by atoms with Gasteiger partial charge in [0.15, 0.2) is 19.6 Å². The summed E-state index contributed by atoms with van der Waals surface area (Å²) in [6, 6.07) is 0. The van der Waals surface area contributed by atoms with Crippen LogP contribution in [0.3, 0.4) is 0 Å². The summed E-state index contributed by atoms with van der Waals surface area (Å²) in [4.78, 5) is 12.6. The van der Waals surface area contributed by atoms with Gasteiger partial charge in [-0.05, 0) is 32.0 Å². The van der Waals surface area contributed by atoms with Gasteiger partial charge in [-0.25, -0.2) is 4.79 Å². The lowest BCUT2D eigenvalue weighted by Gasteiger charge is -2.51. The minimum atomic E-state index is -1.99. The molecule has 4 atom stereocenters. The quantitative estimate of drug-likeness (QED) is 0.623. The molecule has 1 N–H and O–H groups in total. The number of nitrogens with one attached hydrogen (secondary N) is 1. The SMILES string of the molecule is CC1(C)OC2C3CNC(CO[Si](C)(C)C(C)(C)C)(C(=O)O3)C2O1. The Morgan fingerprint density at radius 3 is 2.52 bits per heavy atom. The van der Waals surface area contributed by atoms with Gasteiger partial charge in [0.1, 0.15) is 18.3 Å². The summed E-state index contributed by atoms with van der Waals surface area (Å²) >= 11 is 0.